The fourth-order valence-electron chi connectivity index (χ4n) is 3.23. The van der Waals surface area contributed by atoms with E-state index in [1.807, 2.05) is 18.4 Å². The molecule has 0 aromatic carbocycles. The number of fused-ring (bicyclic) bond motifs is 1. The van der Waals surface area contributed by atoms with E-state index in [9.17, 15) is 9.59 Å². The summed E-state index contributed by atoms with van der Waals surface area (Å²) in [4.78, 5) is 32.1. The van der Waals surface area contributed by atoms with Gasteiger partial charge in [-0.25, -0.2) is 4.98 Å². The molecule has 1 N–H and O–H groups in total. The lowest BCUT2D eigenvalue weighted by molar-refractivity contribution is -0.121. The Labute approximate surface area is 154 Å². The monoisotopic (exact) mass is 370 g/mol. The zero-order valence-electron chi connectivity index (χ0n) is 14.3. The summed E-state index contributed by atoms with van der Waals surface area (Å²) >= 11 is 1.40. The number of piperidine rings is 1. The Bertz CT molecular complexity index is 951. The molecule has 1 atom stereocenters. The highest BCUT2D eigenvalue weighted by molar-refractivity contribution is 7.12. The third-order valence-electron chi connectivity index (χ3n) is 4.58. The maximum Gasteiger partial charge on any atom is 0.264 e. The number of hydrogen-bond acceptors (Lipinski definition) is 6. The van der Waals surface area contributed by atoms with Gasteiger partial charge in [-0.15, -0.1) is 11.3 Å². The first-order valence-corrected chi connectivity index (χ1v) is 9.39. The van der Waals surface area contributed by atoms with Crippen LogP contribution in [0, 0.1) is 6.92 Å². The molecule has 1 unspecified atom stereocenters. The first-order chi connectivity index (χ1) is 12.6. The smallest absolute Gasteiger partial charge is 0.264 e. The molecule has 4 heterocycles. The minimum atomic E-state index is -0.474. The number of pyridine rings is 1. The zero-order chi connectivity index (χ0) is 18.1. The molecule has 7 nitrogen and oxygen atoms in total. The van der Waals surface area contributed by atoms with Gasteiger partial charge in [0.05, 0.1) is 27.8 Å². The number of hydrogen-bond donors (Lipinski definition) is 1. The number of carbonyl (C=O) groups is 2. The van der Waals surface area contributed by atoms with E-state index in [1.165, 1.54) is 11.3 Å². The van der Waals surface area contributed by atoms with Crippen LogP contribution in [0.3, 0.4) is 0 Å². The molecule has 2 amide bonds. The molecule has 1 fully saturated rings. The van der Waals surface area contributed by atoms with Gasteiger partial charge in [0.1, 0.15) is 6.04 Å². The van der Waals surface area contributed by atoms with Crippen LogP contribution in [0.25, 0.3) is 11.1 Å². The Morgan fingerprint density at radius 1 is 1.38 bits per heavy atom. The number of aromatic nitrogens is 2. The molecule has 1 aliphatic heterocycles. The lowest BCUT2D eigenvalue weighted by atomic mass is 10.0. The van der Waals surface area contributed by atoms with Crippen molar-refractivity contribution < 1.29 is 14.1 Å². The van der Waals surface area contributed by atoms with Crippen molar-refractivity contribution in [2.75, 3.05) is 11.9 Å². The number of amides is 2. The number of likely N-dealkylation sites (tertiary alicyclic amines) is 1. The van der Waals surface area contributed by atoms with Crippen molar-refractivity contribution in [3.8, 4) is 0 Å². The summed E-state index contributed by atoms with van der Waals surface area (Å²) in [6, 6.07) is 4.96. The van der Waals surface area contributed by atoms with Crippen LogP contribution in [0.15, 0.2) is 34.3 Å². The number of nitrogens with one attached hydrogen (secondary N) is 1. The van der Waals surface area contributed by atoms with Crippen LogP contribution in [0.5, 0.6) is 0 Å². The minimum Gasteiger partial charge on any atom is -0.336 e. The van der Waals surface area contributed by atoms with Gasteiger partial charge >= 0.3 is 0 Å². The van der Waals surface area contributed by atoms with Gasteiger partial charge in [0.15, 0.2) is 0 Å². The molecule has 0 saturated carbocycles. The Balaban J connectivity index is 1.54. The van der Waals surface area contributed by atoms with Crippen molar-refractivity contribution >= 4 is 39.9 Å². The average molecular weight is 370 g/mol. The van der Waals surface area contributed by atoms with E-state index in [2.05, 4.69) is 15.5 Å². The lowest BCUT2D eigenvalue weighted by Gasteiger charge is -2.34. The van der Waals surface area contributed by atoms with Crippen molar-refractivity contribution in [2.45, 2.75) is 32.2 Å². The number of carbonyl (C=O) groups excluding carboxylic acids is 2. The predicted molar refractivity (Wildman–Crippen MR) is 98.2 cm³/mol. The summed E-state index contributed by atoms with van der Waals surface area (Å²) in [6.45, 7) is 2.42. The molecular weight excluding hydrogens is 352 g/mol. The maximum absolute atomic E-state index is 12.8. The zero-order valence-corrected chi connectivity index (χ0v) is 15.1. The van der Waals surface area contributed by atoms with E-state index in [1.54, 1.807) is 23.2 Å². The molecule has 0 radical (unpaired) electrons. The highest BCUT2D eigenvalue weighted by atomic mass is 32.1. The minimum absolute atomic E-state index is 0.0803. The van der Waals surface area contributed by atoms with E-state index < -0.39 is 6.04 Å². The van der Waals surface area contributed by atoms with E-state index in [0.29, 0.717) is 29.2 Å². The quantitative estimate of drug-likeness (QED) is 0.765. The first-order valence-electron chi connectivity index (χ1n) is 8.51. The molecule has 1 saturated heterocycles. The van der Waals surface area contributed by atoms with Gasteiger partial charge in [-0.2, -0.15) is 0 Å². The van der Waals surface area contributed by atoms with Crippen LogP contribution < -0.4 is 5.32 Å². The SMILES string of the molecule is Cc1noc2ncc(NC(=O)C3CCCCN3C(=O)c3cccs3)cc12. The Kier molecular flexibility index (Phi) is 4.42. The number of rotatable bonds is 3. The van der Waals surface area contributed by atoms with E-state index >= 15 is 0 Å². The van der Waals surface area contributed by atoms with Gasteiger partial charge < -0.3 is 14.7 Å². The molecule has 8 heteroatoms. The number of aryl methyl sites for hydroxylation is 1. The van der Waals surface area contributed by atoms with Crippen molar-refractivity contribution in [1.29, 1.82) is 0 Å². The van der Waals surface area contributed by atoms with E-state index in [0.717, 1.165) is 23.9 Å². The van der Waals surface area contributed by atoms with Crippen LogP contribution in [-0.2, 0) is 4.79 Å². The second-order valence-electron chi connectivity index (χ2n) is 6.32. The maximum atomic E-state index is 12.8. The third kappa shape index (κ3) is 3.08. The van der Waals surface area contributed by atoms with Crippen molar-refractivity contribution in [2.24, 2.45) is 0 Å². The van der Waals surface area contributed by atoms with Gasteiger partial charge in [-0.05, 0) is 43.7 Å². The molecule has 4 rings (SSSR count). The van der Waals surface area contributed by atoms with Crippen molar-refractivity contribution in [3.63, 3.8) is 0 Å². The van der Waals surface area contributed by atoms with Gasteiger partial charge in [-0.3, -0.25) is 9.59 Å². The molecule has 26 heavy (non-hydrogen) atoms. The van der Waals surface area contributed by atoms with E-state index in [-0.39, 0.29) is 11.8 Å². The lowest BCUT2D eigenvalue weighted by Crippen LogP contribution is -2.49. The normalized spacial score (nSPS) is 17.4. The van der Waals surface area contributed by atoms with Crippen LogP contribution in [0.2, 0.25) is 0 Å². The molecule has 0 bridgehead atoms. The molecule has 1 aliphatic rings. The average Bonchev–Trinajstić information content (AvgIpc) is 3.32. The summed E-state index contributed by atoms with van der Waals surface area (Å²) in [5, 5.41) is 9.39. The predicted octanol–water partition coefficient (Wildman–Crippen LogP) is 3.23. The van der Waals surface area contributed by atoms with E-state index in [4.69, 9.17) is 4.52 Å². The Morgan fingerprint density at radius 3 is 3.08 bits per heavy atom. The summed E-state index contributed by atoms with van der Waals surface area (Å²) < 4.78 is 5.09. The first kappa shape index (κ1) is 16.7. The standard InChI is InChI=1S/C18H18N4O3S/c1-11-13-9-12(10-19-17(13)25-21-11)20-16(23)14-5-2-3-7-22(14)18(24)15-6-4-8-26-15/h4,6,8-10,14H,2-3,5,7H2,1H3,(H,20,23). The molecule has 134 valence electrons. The summed E-state index contributed by atoms with van der Waals surface area (Å²) in [6.07, 6.45) is 4.03. The Morgan fingerprint density at radius 2 is 2.27 bits per heavy atom. The van der Waals surface area contributed by atoms with Crippen LogP contribution in [0.4, 0.5) is 5.69 Å². The van der Waals surface area contributed by atoms with Crippen LogP contribution >= 0.6 is 11.3 Å². The Hall–Kier alpha value is -2.74. The van der Waals surface area contributed by atoms with Crippen LogP contribution in [0.1, 0.15) is 34.6 Å². The fraction of sp³-hybridized carbons (Fsp3) is 0.333. The highest BCUT2D eigenvalue weighted by Gasteiger charge is 2.33. The second kappa shape index (κ2) is 6.87. The summed E-state index contributed by atoms with van der Waals surface area (Å²) in [7, 11) is 0. The topological polar surface area (TPSA) is 88.3 Å². The van der Waals surface area contributed by atoms with Crippen molar-refractivity contribution in [1.82, 2.24) is 15.0 Å². The third-order valence-corrected chi connectivity index (χ3v) is 5.43. The van der Waals surface area contributed by atoms with Crippen LogP contribution in [-0.4, -0.2) is 39.4 Å². The van der Waals surface area contributed by atoms with Gasteiger partial charge in [0, 0.05) is 6.54 Å². The summed E-state index contributed by atoms with van der Waals surface area (Å²) in [5.41, 5.74) is 1.73. The molecule has 0 aliphatic carbocycles. The highest BCUT2D eigenvalue weighted by Crippen LogP contribution is 2.24. The second-order valence-corrected chi connectivity index (χ2v) is 7.27. The molecular formula is C18H18N4O3S. The summed E-state index contributed by atoms with van der Waals surface area (Å²) in [5.74, 6) is -0.270. The van der Waals surface area contributed by atoms with Crippen molar-refractivity contribution in [3.05, 3.63) is 40.3 Å². The van der Waals surface area contributed by atoms with Gasteiger partial charge in [0.2, 0.25) is 5.91 Å². The number of anilines is 1. The molecule has 0 spiro atoms. The largest absolute Gasteiger partial charge is 0.336 e. The fourth-order valence-corrected chi connectivity index (χ4v) is 3.91. The number of thiophene rings is 1. The molecule has 3 aromatic rings. The van der Waals surface area contributed by atoms with Gasteiger partial charge in [-0.1, -0.05) is 11.2 Å². The molecule has 3 aromatic heterocycles. The number of nitrogens with zero attached hydrogens (tertiary/aromatic N) is 3. The van der Waals surface area contributed by atoms with Gasteiger partial charge in [0.25, 0.3) is 11.6 Å².